The number of hydrogen-bond donors (Lipinski definition) is 2. The minimum absolute atomic E-state index is 0.349. The standard InChI is InChI=1S/C11H14N4O2S/c1-15(18(2,16)17)9-5-3-8(4-6-9)10-7-13-11(12)14-10/h3-7H,1-2H3,(H3,12,13,14). The fourth-order valence-corrected chi connectivity index (χ4v) is 2.03. The number of nitrogens with zero attached hydrogens (tertiary/aromatic N) is 2. The molecule has 1 aromatic carbocycles. The topological polar surface area (TPSA) is 92.1 Å². The minimum Gasteiger partial charge on any atom is -0.369 e. The minimum atomic E-state index is -3.24. The number of rotatable bonds is 3. The molecular formula is C11H14N4O2S. The molecule has 7 heteroatoms. The highest BCUT2D eigenvalue weighted by molar-refractivity contribution is 7.92. The van der Waals surface area contributed by atoms with Crippen LogP contribution in [0.3, 0.4) is 0 Å². The first-order valence-electron chi connectivity index (χ1n) is 5.23. The van der Waals surface area contributed by atoms with Gasteiger partial charge >= 0.3 is 0 Å². The van der Waals surface area contributed by atoms with Crippen molar-refractivity contribution in [3.05, 3.63) is 30.5 Å². The van der Waals surface area contributed by atoms with E-state index < -0.39 is 10.0 Å². The summed E-state index contributed by atoms with van der Waals surface area (Å²) in [6.45, 7) is 0. The van der Waals surface area contributed by atoms with Gasteiger partial charge in [-0.05, 0) is 17.7 Å². The maximum absolute atomic E-state index is 11.4. The molecule has 3 N–H and O–H groups in total. The van der Waals surface area contributed by atoms with Gasteiger partial charge in [0.25, 0.3) is 0 Å². The number of H-pyrrole nitrogens is 1. The molecule has 0 amide bonds. The van der Waals surface area contributed by atoms with Gasteiger partial charge in [-0.25, -0.2) is 13.4 Å². The average Bonchev–Trinajstić information content (AvgIpc) is 2.74. The monoisotopic (exact) mass is 266 g/mol. The van der Waals surface area contributed by atoms with Crippen LogP contribution in [-0.4, -0.2) is 31.7 Å². The third-order valence-corrected chi connectivity index (χ3v) is 3.84. The van der Waals surface area contributed by atoms with Gasteiger partial charge in [-0.1, -0.05) is 12.1 Å². The van der Waals surface area contributed by atoms with Crippen molar-refractivity contribution in [1.29, 1.82) is 0 Å². The van der Waals surface area contributed by atoms with E-state index in [1.54, 1.807) is 18.3 Å². The van der Waals surface area contributed by atoms with Crippen LogP contribution in [-0.2, 0) is 10.0 Å². The third kappa shape index (κ3) is 2.45. The highest BCUT2D eigenvalue weighted by atomic mass is 32.2. The van der Waals surface area contributed by atoms with Gasteiger partial charge in [-0.2, -0.15) is 0 Å². The molecule has 0 aliphatic carbocycles. The van der Waals surface area contributed by atoms with Gasteiger partial charge < -0.3 is 10.7 Å². The molecule has 0 atom stereocenters. The summed E-state index contributed by atoms with van der Waals surface area (Å²) in [5.41, 5.74) is 7.79. The lowest BCUT2D eigenvalue weighted by atomic mass is 10.1. The highest BCUT2D eigenvalue weighted by Crippen LogP contribution is 2.22. The smallest absolute Gasteiger partial charge is 0.231 e. The Labute approximate surface area is 106 Å². The lowest BCUT2D eigenvalue weighted by Crippen LogP contribution is -2.24. The summed E-state index contributed by atoms with van der Waals surface area (Å²) in [6.07, 6.45) is 2.79. The Morgan fingerprint density at radius 2 is 1.89 bits per heavy atom. The van der Waals surface area contributed by atoms with E-state index in [1.807, 2.05) is 12.1 Å². The average molecular weight is 266 g/mol. The number of aromatic nitrogens is 2. The molecule has 6 nitrogen and oxygen atoms in total. The van der Waals surface area contributed by atoms with Gasteiger partial charge in [0.2, 0.25) is 10.0 Å². The summed E-state index contributed by atoms with van der Waals surface area (Å²) in [5, 5.41) is 0. The number of sulfonamides is 1. The number of imidazole rings is 1. The maximum atomic E-state index is 11.4. The van der Waals surface area contributed by atoms with Gasteiger partial charge in [0.15, 0.2) is 5.95 Å². The second-order valence-corrected chi connectivity index (χ2v) is 5.97. The predicted molar refractivity (Wildman–Crippen MR) is 71.7 cm³/mol. The van der Waals surface area contributed by atoms with Crippen LogP contribution in [0.15, 0.2) is 30.5 Å². The zero-order valence-electron chi connectivity index (χ0n) is 10.1. The molecule has 1 heterocycles. The second-order valence-electron chi connectivity index (χ2n) is 3.96. The van der Waals surface area contributed by atoms with Crippen LogP contribution in [0.5, 0.6) is 0 Å². The second kappa shape index (κ2) is 4.34. The lowest BCUT2D eigenvalue weighted by Gasteiger charge is -2.16. The van der Waals surface area contributed by atoms with E-state index in [9.17, 15) is 8.42 Å². The molecule has 0 unspecified atom stereocenters. The molecule has 1 aromatic heterocycles. The van der Waals surface area contributed by atoms with Gasteiger partial charge in [-0.15, -0.1) is 0 Å². The Morgan fingerprint density at radius 3 is 2.33 bits per heavy atom. The highest BCUT2D eigenvalue weighted by Gasteiger charge is 2.11. The Kier molecular flexibility index (Phi) is 3.00. The van der Waals surface area contributed by atoms with Crippen molar-refractivity contribution in [3.63, 3.8) is 0 Å². The number of nitrogens with one attached hydrogen (secondary N) is 1. The first-order valence-corrected chi connectivity index (χ1v) is 7.07. The number of benzene rings is 1. The van der Waals surface area contributed by atoms with Crippen LogP contribution in [0.2, 0.25) is 0 Å². The Balaban J connectivity index is 2.31. The van der Waals surface area contributed by atoms with Crippen LogP contribution in [0, 0.1) is 0 Å². The van der Waals surface area contributed by atoms with Crippen molar-refractivity contribution in [2.75, 3.05) is 23.3 Å². The quantitative estimate of drug-likeness (QED) is 0.868. The van der Waals surface area contributed by atoms with Crippen molar-refractivity contribution in [1.82, 2.24) is 9.97 Å². The molecule has 2 rings (SSSR count). The SMILES string of the molecule is CN(c1ccc(-c2cnc(N)[nH]2)cc1)S(C)(=O)=O. The zero-order chi connectivity index (χ0) is 13.3. The van der Waals surface area contributed by atoms with E-state index in [1.165, 1.54) is 11.4 Å². The van der Waals surface area contributed by atoms with Gasteiger partial charge in [-0.3, -0.25) is 4.31 Å². The Bertz CT molecular complexity index is 646. The predicted octanol–water partition coefficient (Wildman–Crippen LogP) is 1.05. The van der Waals surface area contributed by atoms with Crippen molar-refractivity contribution < 1.29 is 8.42 Å². The van der Waals surface area contributed by atoms with Crippen LogP contribution in [0.4, 0.5) is 11.6 Å². The third-order valence-electron chi connectivity index (χ3n) is 2.63. The van der Waals surface area contributed by atoms with Crippen molar-refractivity contribution in [3.8, 4) is 11.3 Å². The molecule has 0 saturated heterocycles. The van der Waals surface area contributed by atoms with E-state index in [0.717, 1.165) is 17.5 Å². The summed E-state index contributed by atoms with van der Waals surface area (Å²) >= 11 is 0. The maximum Gasteiger partial charge on any atom is 0.231 e. The molecule has 0 aliphatic heterocycles. The van der Waals surface area contributed by atoms with Gasteiger partial charge in [0, 0.05) is 7.05 Å². The summed E-state index contributed by atoms with van der Waals surface area (Å²) in [6, 6.07) is 7.08. The molecule has 0 saturated carbocycles. The lowest BCUT2D eigenvalue weighted by molar-refractivity contribution is 0.600. The van der Waals surface area contributed by atoms with Crippen molar-refractivity contribution in [2.45, 2.75) is 0 Å². The molecule has 0 bridgehead atoms. The molecule has 18 heavy (non-hydrogen) atoms. The number of anilines is 2. The number of nitrogens with two attached hydrogens (primary N) is 1. The summed E-state index contributed by atoms with van der Waals surface area (Å²) in [7, 11) is -1.72. The Morgan fingerprint density at radius 1 is 1.28 bits per heavy atom. The zero-order valence-corrected chi connectivity index (χ0v) is 10.9. The fraction of sp³-hybridized carbons (Fsp3) is 0.182. The first kappa shape index (κ1) is 12.4. The normalized spacial score (nSPS) is 11.4. The molecule has 96 valence electrons. The number of hydrogen-bond acceptors (Lipinski definition) is 4. The van der Waals surface area contributed by atoms with Crippen LogP contribution < -0.4 is 10.0 Å². The fourth-order valence-electron chi connectivity index (χ4n) is 1.53. The van der Waals surface area contributed by atoms with E-state index in [0.29, 0.717) is 11.6 Å². The largest absolute Gasteiger partial charge is 0.369 e. The molecule has 0 fully saturated rings. The summed E-state index contributed by atoms with van der Waals surface area (Å²) in [5.74, 6) is 0.349. The van der Waals surface area contributed by atoms with Gasteiger partial charge in [0.05, 0.1) is 23.8 Å². The number of aromatic amines is 1. The van der Waals surface area contributed by atoms with Crippen LogP contribution >= 0.6 is 0 Å². The van der Waals surface area contributed by atoms with Crippen LogP contribution in [0.25, 0.3) is 11.3 Å². The van der Waals surface area contributed by atoms with E-state index in [4.69, 9.17) is 5.73 Å². The molecular weight excluding hydrogens is 252 g/mol. The van der Waals surface area contributed by atoms with Crippen molar-refractivity contribution >= 4 is 21.7 Å². The molecule has 0 radical (unpaired) electrons. The van der Waals surface area contributed by atoms with Crippen molar-refractivity contribution in [2.24, 2.45) is 0 Å². The van der Waals surface area contributed by atoms with E-state index in [2.05, 4.69) is 9.97 Å². The first-order chi connectivity index (χ1) is 8.38. The molecule has 0 aliphatic rings. The van der Waals surface area contributed by atoms with Gasteiger partial charge in [0.1, 0.15) is 0 Å². The molecule has 2 aromatic rings. The summed E-state index contributed by atoms with van der Waals surface area (Å²) < 4.78 is 24.0. The molecule has 0 spiro atoms. The van der Waals surface area contributed by atoms with E-state index >= 15 is 0 Å². The Hall–Kier alpha value is -2.02. The van der Waals surface area contributed by atoms with Crippen LogP contribution in [0.1, 0.15) is 0 Å². The number of nitrogen functional groups attached to an aromatic ring is 1. The van der Waals surface area contributed by atoms with E-state index in [-0.39, 0.29) is 0 Å². The summed E-state index contributed by atoms with van der Waals surface area (Å²) in [4.78, 5) is 6.81.